The van der Waals surface area contributed by atoms with Gasteiger partial charge in [-0.05, 0) is 43.4 Å². The van der Waals surface area contributed by atoms with Crippen molar-refractivity contribution in [2.45, 2.75) is 0 Å². The van der Waals surface area contributed by atoms with Crippen LogP contribution in [0.3, 0.4) is 0 Å². The van der Waals surface area contributed by atoms with E-state index in [0.717, 1.165) is 48.3 Å². The quantitative estimate of drug-likeness (QED) is 0.698. The minimum Gasteiger partial charge on any atom is -0.336 e. The minimum absolute atomic E-state index is 0.0306. The Bertz CT molecular complexity index is 953. The molecule has 132 valence electrons. The highest BCUT2D eigenvalue weighted by Crippen LogP contribution is 2.28. The first-order chi connectivity index (χ1) is 12.6. The van der Waals surface area contributed by atoms with Crippen molar-refractivity contribution in [3.63, 3.8) is 0 Å². The molecular formula is C20H19ClN4O. The molecule has 1 saturated heterocycles. The fourth-order valence-electron chi connectivity index (χ4n) is 3.23. The lowest BCUT2D eigenvalue weighted by molar-refractivity contribution is 0.0666. The Hall–Kier alpha value is -2.50. The predicted octanol–water partition coefficient (Wildman–Crippen LogP) is 3.34. The van der Waals surface area contributed by atoms with Gasteiger partial charge in [0, 0.05) is 54.5 Å². The summed E-state index contributed by atoms with van der Waals surface area (Å²) < 4.78 is 0. The number of hydrogen-bond acceptors (Lipinski definition) is 4. The number of amides is 1. The molecule has 1 aromatic carbocycles. The lowest BCUT2D eigenvalue weighted by Crippen LogP contribution is -2.47. The van der Waals surface area contributed by atoms with Crippen LogP contribution in [0.15, 0.2) is 48.8 Å². The second-order valence-corrected chi connectivity index (χ2v) is 6.98. The van der Waals surface area contributed by atoms with Gasteiger partial charge in [0.1, 0.15) is 0 Å². The van der Waals surface area contributed by atoms with Crippen LogP contribution in [-0.2, 0) is 0 Å². The second kappa shape index (κ2) is 7.02. The molecule has 0 radical (unpaired) electrons. The van der Waals surface area contributed by atoms with Crippen molar-refractivity contribution in [1.29, 1.82) is 0 Å². The zero-order valence-electron chi connectivity index (χ0n) is 14.5. The zero-order chi connectivity index (χ0) is 18.1. The first-order valence-electron chi connectivity index (χ1n) is 8.60. The molecule has 0 saturated carbocycles. The molecule has 0 bridgehead atoms. The van der Waals surface area contributed by atoms with Crippen molar-refractivity contribution in [3.8, 4) is 11.3 Å². The van der Waals surface area contributed by atoms with Crippen LogP contribution in [0.1, 0.15) is 10.4 Å². The Morgan fingerprint density at radius 2 is 1.77 bits per heavy atom. The Morgan fingerprint density at radius 3 is 2.50 bits per heavy atom. The average Bonchev–Trinajstić information content (AvgIpc) is 2.68. The molecule has 0 aliphatic carbocycles. The second-order valence-electron chi connectivity index (χ2n) is 6.55. The Labute approximate surface area is 157 Å². The molecule has 1 amide bonds. The van der Waals surface area contributed by atoms with Gasteiger partial charge in [-0.1, -0.05) is 11.6 Å². The number of halogens is 1. The summed E-state index contributed by atoms with van der Waals surface area (Å²) in [7, 11) is 2.07. The Kier molecular flexibility index (Phi) is 4.57. The molecule has 0 N–H and O–H groups in total. The van der Waals surface area contributed by atoms with Crippen LogP contribution in [0.25, 0.3) is 22.2 Å². The van der Waals surface area contributed by atoms with Crippen LogP contribution in [0.4, 0.5) is 0 Å². The maximum absolute atomic E-state index is 13.2. The highest BCUT2D eigenvalue weighted by molar-refractivity contribution is 6.31. The summed E-state index contributed by atoms with van der Waals surface area (Å²) in [5.74, 6) is 0.0306. The highest BCUT2D eigenvalue weighted by atomic mass is 35.5. The third kappa shape index (κ3) is 3.28. The molecule has 3 aromatic rings. The average molecular weight is 367 g/mol. The molecule has 1 fully saturated rings. The van der Waals surface area contributed by atoms with Crippen LogP contribution in [0, 0.1) is 0 Å². The number of benzene rings is 1. The SMILES string of the molecule is CN1CCN(C(=O)c2cc(-c3ccncc3)nc3ccc(Cl)cc23)CC1. The summed E-state index contributed by atoms with van der Waals surface area (Å²) in [6.07, 6.45) is 3.45. The predicted molar refractivity (Wildman–Crippen MR) is 103 cm³/mol. The van der Waals surface area contributed by atoms with E-state index in [2.05, 4.69) is 16.9 Å². The maximum atomic E-state index is 13.2. The lowest BCUT2D eigenvalue weighted by Gasteiger charge is -2.32. The molecule has 5 nitrogen and oxygen atoms in total. The van der Waals surface area contributed by atoms with Gasteiger partial charge in [0.2, 0.25) is 0 Å². The summed E-state index contributed by atoms with van der Waals surface area (Å²) >= 11 is 6.19. The zero-order valence-corrected chi connectivity index (χ0v) is 15.3. The summed E-state index contributed by atoms with van der Waals surface area (Å²) in [4.78, 5) is 26.2. The van der Waals surface area contributed by atoms with Crippen molar-refractivity contribution in [2.24, 2.45) is 0 Å². The number of carbonyl (C=O) groups is 1. The van der Waals surface area contributed by atoms with E-state index in [4.69, 9.17) is 16.6 Å². The van der Waals surface area contributed by atoms with E-state index in [1.807, 2.05) is 35.2 Å². The van der Waals surface area contributed by atoms with Gasteiger partial charge in [-0.15, -0.1) is 0 Å². The van der Waals surface area contributed by atoms with Crippen molar-refractivity contribution in [1.82, 2.24) is 19.8 Å². The van der Waals surface area contributed by atoms with E-state index >= 15 is 0 Å². The van der Waals surface area contributed by atoms with Crippen molar-refractivity contribution in [3.05, 3.63) is 59.4 Å². The number of piperazine rings is 1. The molecule has 6 heteroatoms. The smallest absolute Gasteiger partial charge is 0.254 e. The third-order valence-corrected chi connectivity index (χ3v) is 5.00. The Balaban J connectivity index is 1.83. The van der Waals surface area contributed by atoms with E-state index in [9.17, 15) is 4.79 Å². The van der Waals surface area contributed by atoms with Gasteiger partial charge in [0.05, 0.1) is 16.8 Å². The van der Waals surface area contributed by atoms with E-state index in [-0.39, 0.29) is 5.91 Å². The van der Waals surface area contributed by atoms with Crippen LogP contribution in [0.5, 0.6) is 0 Å². The van der Waals surface area contributed by atoms with Gasteiger partial charge < -0.3 is 9.80 Å². The van der Waals surface area contributed by atoms with Gasteiger partial charge in [-0.25, -0.2) is 4.98 Å². The first kappa shape index (κ1) is 16.9. The molecule has 0 atom stereocenters. The van der Waals surface area contributed by atoms with E-state index in [1.54, 1.807) is 18.5 Å². The topological polar surface area (TPSA) is 49.3 Å². The highest BCUT2D eigenvalue weighted by Gasteiger charge is 2.23. The van der Waals surface area contributed by atoms with Gasteiger partial charge >= 0.3 is 0 Å². The van der Waals surface area contributed by atoms with Gasteiger partial charge in [-0.2, -0.15) is 0 Å². The first-order valence-corrected chi connectivity index (χ1v) is 8.98. The largest absolute Gasteiger partial charge is 0.336 e. The van der Waals surface area contributed by atoms with Crippen LogP contribution in [-0.4, -0.2) is 58.9 Å². The number of rotatable bonds is 2. The number of aromatic nitrogens is 2. The fourth-order valence-corrected chi connectivity index (χ4v) is 3.40. The van der Waals surface area contributed by atoms with Crippen molar-refractivity contribution in [2.75, 3.05) is 33.2 Å². The van der Waals surface area contributed by atoms with E-state index in [0.29, 0.717) is 10.6 Å². The summed E-state index contributed by atoms with van der Waals surface area (Å²) in [5, 5.41) is 1.39. The van der Waals surface area contributed by atoms with Crippen LogP contribution in [0.2, 0.25) is 5.02 Å². The molecule has 2 aromatic heterocycles. The van der Waals surface area contributed by atoms with Gasteiger partial charge in [0.15, 0.2) is 0 Å². The molecule has 4 rings (SSSR count). The van der Waals surface area contributed by atoms with Gasteiger partial charge in [0.25, 0.3) is 5.91 Å². The van der Waals surface area contributed by atoms with Crippen molar-refractivity contribution >= 4 is 28.4 Å². The number of fused-ring (bicyclic) bond motifs is 1. The van der Waals surface area contributed by atoms with E-state index in [1.165, 1.54) is 0 Å². The number of likely N-dealkylation sites (N-methyl/N-ethyl adjacent to an activating group) is 1. The van der Waals surface area contributed by atoms with E-state index < -0.39 is 0 Å². The number of nitrogens with zero attached hydrogens (tertiary/aromatic N) is 4. The summed E-state index contributed by atoms with van der Waals surface area (Å²) in [5.41, 5.74) is 3.11. The van der Waals surface area contributed by atoms with Crippen molar-refractivity contribution < 1.29 is 4.79 Å². The third-order valence-electron chi connectivity index (χ3n) is 4.77. The van der Waals surface area contributed by atoms with Crippen LogP contribution >= 0.6 is 11.6 Å². The molecular weight excluding hydrogens is 348 g/mol. The number of pyridine rings is 2. The minimum atomic E-state index is 0.0306. The molecule has 0 spiro atoms. The standard InChI is InChI=1S/C20H19ClN4O/c1-24-8-10-25(11-9-24)20(26)17-13-19(14-4-6-22-7-5-14)23-18-3-2-15(21)12-16(17)18/h2-7,12-13H,8-11H2,1H3. The molecule has 3 heterocycles. The lowest BCUT2D eigenvalue weighted by atomic mass is 10.0. The molecule has 26 heavy (non-hydrogen) atoms. The Morgan fingerprint density at radius 1 is 1.04 bits per heavy atom. The summed E-state index contributed by atoms with van der Waals surface area (Å²) in [6, 6.07) is 11.2. The van der Waals surface area contributed by atoms with Gasteiger partial charge in [-0.3, -0.25) is 9.78 Å². The number of hydrogen-bond donors (Lipinski definition) is 0. The normalized spacial score (nSPS) is 15.4. The summed E-state index contributed by atoms with van der Waals surface area (Å²) in [6.45, 7) is 3.22. The van der Waals surface area contributed by atoms with Crippen LogP contribution < -0.4 is 0 Å². The molecule has 1 aliphatic heterocycles. The molecule has 1 aliphatic rings. The molecule has 0 unspecified atom stereocenters. The fraction of sp³-hybridized carbons (Fsp3) is 0.250. The maximum Gasteiger partial charge on any atom is 0.254 e. The monoisotopic (exact) mass is 366 g/mol. The number of carbonyl (C=O) groups excluding carboxylic acids is 1.